The number of aliphatic imine (C=N–C) groups is 1. The Morgan fingerprint density at radius 2 is 1.87 bits per heavy atom. The first-order valence-electron chi connectivity index (χ1n) is 11.8. The topological polar surface area (TPSA) is 89.9 Å². The molecular weight excluding hydrogens is 556 g/mol. The van der Waals surface area contributed by atoms with E-state index in [2.05, 4.69) is 15.3 Å². The maximum Gasteiger partial charge on any atom is 0.258 e. The molecule has 7 nitrogen and oxygen atoms in total. The minimum Gasteiger partial charge on any atom is -0.477 e. The molecule has 1 atom stereocenters. The molecule has 4 rings (SSSR count). The summed E-state index contributed by atoms with van der Waals surface area (Å²) >= 11 is 19.1. The van der Waals surface area contributed by atoms with E-state index in [0.717, 1.165) is 12.3 Å². The number of pyridine rings is 1. The number of ketones is 1. The van der Waals surface area contributed by atoms with E-state index in [1.165, 1.54) is 12.1 Å². The molecule has 0 saturated heterocycles. The Balaban J connectivity index is 1.68. The second kappa shape index (κ2) is 12.7. The number of fused-ring (bicyclic) bond motifs is 1. The minimum atomic E-state index is -1.32. The highest BCUT2D eigenvalue weighted by Gasteiger charge is 2.30. The molecule has 0 bridgehead atoms. The quantitative estimate of drug-likeness (QED) is 0.329. The molecule has 0 saturated carbocycles. The molecule has 1 amide bonds. The Morgan fingerprint density at radius 1 is 1.13 bits per heavy atom. The molecule has 2 aromatic carbocycles. The van der Waals surface area contributed by atoms with Crippen molar-refractivity contribution in [3.63, 3.8) is 0 Å². The number of benzene rings is 2. The summed E-state index contributed by atoms with van der Waals surface area (Å²) in [6.07, 6.45) is 0.160. The van der Waals surface area contributed by atoms with E-state index < -0.39 is 17.9 Å². The lowest BCUT2D eigenvalue weighted by atomic mass is 9.96. The normalized spacial score (nSPS) is 14.9. The largest absolute Gasteiger partial charge is 0.477 e. The van der Waals surface area contributed by atoms with Crippen molar-refractivity contribution in [1.82, 2.24) is 10.3 Å². The monoisotopic (exact) mass is 577 g/mol. The Labute approximate surface area is 233 Å². The molecule has 1 aliphatic heterocycles. The van der Waals surface area contributed by atoms with Gasteiger partial charge in [-0.2, -0.15) is 0 Å². The highest BCUT2D eigenvalue weighted by Crippen LogP contribution is 2.33. The maximum atomic E-state index is 14.0. The number of aromatic nitrogens is 1. The van der Waals surface area contributed by atoms with Crippen molar-refractivity contribution in [2.45, 2.75) is 25.9 Å². The summed E-state index contributed by atoms with van der Waals surface area (Å²) in [6.45, 7) is 3.10. The molecule has 0 fully saturated rings. The lowest BCUT2D eigenvalue weighted by Crippen LogP contribution is -2.40. The molecule has 38 heavy (non-hydrogen) atoms. The zero-order valence-electron chi connectivity index (χ0n) is 20.3. The van der Waals surface area contributed by atoms with E-state index in [1.54, 1.807) is 24.3 Å². The summed E-state index contributed by atoms with van der Waals surface area (Å²) in [5.41, 5.74) is 1.82. The maximum absolute atomic E-state index is 14.0. The van der Waals surface area contributed by atoms with Crippen LogP contribution in [0.2, 0.25) is 15.1 Å². The van der Waals surface area contributed by atoms with Crippen LogP contribution in [-0.4, -0.2) is 48.4 Å². The first-order chi connectivity index (χ1) is 18.3. The molecule has 0 aliphatic carbocycles. The molecule has 1 aromatic heterocycles. The van der Waals surface area contributed by atoms with Gasteiger partial charge in [-0.25, -0.2) is 9.37 Å². The first-order valence-corrected chi connectivity index (χ1v) is 12.9. The SMILES string of the molecule is CCOCCCOc1ncc(F)cc1C(=O)NC1N=C(c2c(Cl)cc(Cl)cc2Cl)c2ccccc2CC1=O. The van der Waals surface area contributed by atoms with Crippen LogP contribution < -0.4 is 10.1 Å². The van der Waals surface area contributed by atoms with Gasteiger partial charge in [0.15, 0.2) is 11.9 Å². The average Bonchev–Trinajstić information content (AvgIpc) is 3.00. The van der Waals surface area contributed by atoms with Gasteiger partial charge < -0.3 is 14.8 Å². The van der Waals surface area contributed by atoms with E-state index >= 15 is 0 Å². The Kier molecular flexibility index (Phi) is 9.33. The lowest BCUT2D eigenvalue weighted by Gasteiger charge is -2.16. The summed E-state index contributed by atoms with van der Waals surface area (Å²) in [7, 11) is 0. The smallest absolute Gasteiger partial charge is 0.258 e. The molecule has 1 aliphatic rings. The number of hydrogen-bond donors (Lipinski definition) is 1. The number of nitrogens with zero attached hydrogens (tertiary/aromatic N) is 2. The van der Waals surface area contributed by atoms with Crippen LogP contribution in [0.4, 0.5) is 4.39 Å². The number of nitrogens with one attached hydrogen (secondary N) is 1. The van der Waals surface area contributed by atoms with Crippen molar-refractivity contribution in [2.24, 2.45) is 4.99 Å². The summed E-state index contributed by atoms with van der Waals surface area (Å²) < 4.78 is 24.9. The molecule has 2 heterocycles. The van der Waals surface area contributed by atoms with Crippen LogP contribution in [0, 0.1) is 5.82 Å². The fourth-order valence-corrected chi connectivity index (χ4v) is 4.92. The van der Waals surface area contributed by atoms with Crippen LogP contribution in [0.1, 0.15) is 40.4 Å². The number of carbonyl (C=O) groups excluding carboxylic acids is 2. The number of carbonyl (C=O) groups is 2. The van der Waals surface area contributed by atoms with E-state index in [4.69, 9.17) is 44.3 Å². The summed E-state index contributed by atoms with van der Waals surface area (Å²) in [5, 5.41) is 3.38. The van der Waals surface area contributed by atoms with Crippen LogP contribution in [0.15, 0.2) is 53.7 Å². The third kappa shape index (κ3) is 6.50. The summed E-state index contributed by atoms with van der Waals surface area (Å²) in [4.78, 5) is 35.0. The van der Waals surface area contributed by atoms with Crippen LogP contribution in [0.25, 0.3) is 0 Å². The van der Waals surface area contributed by atoms with Crippen molar-refractivity contribution in [3.05, 3.63) is 91.8 Å². The van der Waals surface area contributed by atoms with Gasteiger partial charge in [0.25, 0.3) is 5.91 Å². The van der Waals surface area contributed by atoms with Crippen LogP contribution >= 0.6 is 34.8 Å². The van der Waals surface area contributed by atoms with Gasteiger partial charge in [-0.05, 0) is 30.7 Å². The zero-order chi connectivity index (χ0) is 27.2. The predicted octanol–water partition coefficient (Wildman–Crippen LogP) is 5.71. The standard InChI is InChI=1S/C27H23Cl3FN3O4/c1-2-37-8-5-9-38-27-19(13-17(31)14-32-27)26(36)34-25-22(35)10-15-6-3-4-7-18(15)24(33-25)23-20(29)11-16(28)12-21(23)30/h3-4,6-7,11-14,25H,2,5,8-10H2,1H3,(H,34,36). The van der Waals surface area contributed by atoms with Crippen molar-refractivity contribution < 1.29 is 23.5 Å². The molecular formula is C27H23Cl3FN3O4. The molecule has 0 spiro atoms. The van der Waals surface area contributed by atoms with Crippen LogP contribution in [-0.2, 0) is 16.0 Å². The minimum absolute atomic E-state index is 0.0147. The molecule has 0 radical (unpaired) electrons. The van der Waals surface area contributed by atoms with Gasteiger partial charge in [0, 0.05) is 42.2 Å². The van der Waals surface area contributed by atoms with Crippen molar-refractivity contribution in [1.29, 1.82) is 0 Å². The van der Waals surface area contributed by atoms with Gasteiger partial charge >= 0.3 is 0 Å². The number of rotatable bonds is 9. The van der Waals surface area contributed by atoms with E-state index in [-0.39, 0.29) is 40.3 Å². The molecule has 11 heteroatoms. The Bertz CT molecular complexity index is 1380. The van der Waals surface area contributed by atoms with Crippen LogP contribution in [0.5, 0.6) is 5.88 Å². The fourth-order valence-electron chi connectivity index (χ4n) is 3.92. The van der Waals surface area contributed by atoms with Gasteiger partial charge in [0.2, 0.25) is 5.88 Å². The summed E-state index contributed by atoms with van der Waals surface area (Å²) in [6, 6.07) is 11.2. The Morgan fingerprint density at radius 3 is 2.61 bits per heavy atom. The second-order valence-electron chi connectivity index (χ2n) is 8.30. The number of halogens is 4. The van der Waals surface area contributed by atoms with Gasteiger partial charge in [0.05, 0.1) is 28.6 Å². The molecule has 1 N–H and O–H groups in total. The van der Waals surface area contributed by atoms with Crippen molar-refractivity contribution in [2.75, 3.05) is 19.8 Å². The fraction of sp³-hybridized carbons (Fsp3) is 0.259. The van der Waals surface area contributed by atoms with Crippen molar-refractivity contribution >= 4 is 52.2 Å². The highest BCUT2D eigenvalue weighted by molar-refractivity contribution is 6.43. The third-order valence-electron chi connectivity index (χ3n) is 5.65. The Hall–Kier alpha value is -3.04. The number of hydrogen-bond acceptors (Lipinski definition) is 6. The van der Waals surface area contributed by atoms with Gasteiger partial charge in [-0.3, -0.25) is 14.6 Å². The highest BCUT2D eigenvalue weighted by atomic mass is 35.5. The molecule has 198 valence electrons. The van der Waals surface area contributed by atoms with E-state index in [1.807, 2.05) is 6.92 Å². The number of amides is 1. The first kappa shape index (κ1) is 28.0. The van der Waals surface area contributed by atoms with Gasteiger partial charge in [-0.1, -0.05) is 59.1 Å². The molecule has 1 unspecified atom stereocenters. The number of ether oxygens (including phenoxy) is 2. The van der Waals surface area contributed by atoms with Gasteiger partial charge in [0.1, 0.15) is 11.4 Å². The molecule has 3 aromatic rings. The van der Waals surface area contributed by atoms with E-state index in [9.17, 15) is 14.0 Å². The van der Waals surface area contributed by atoms with Gasteiger partial charge in [-0.15, -0.1) is 0 Å². The van der Waals surface area contributed by atoms with Crippen LogP contribution in [0.3, 0.4) is 0 Å². The third-order valence-corrected chi connectivity index (χ3v) is 6.46. The van der Waals surface area contributed by atoms with Crippen molar-refractivity contribution in [3.8, 4) is 5.88 Å². The van der Waals surface area contributed by atoms with E-state index in [0.29, 0.717) is 47.1 Å². The number of Topliss-reactive ketones (excluding diaryl/α,β-unsaturated/α-hetero) is 1. The average molecular weight is 579 g/mol. The predicted molar refractivity (Wildman–Crippen MR) is 144 cm³/mol. The lowest BCUT2D eigenvalue weighted by molar-refractivity contribution is -0.120. The second-order valence-corrected chi connectivity index (χ2v) is 9.55. The summed E-state index contributed by atoms with van der Waals surface area (Å²) in [5.74, 6) is -1.97. The zero-order valence-corrected chi connectivity index (χ0v) is 22.5.